The third-order valence-corrected chi connectivity index (χ3v) is 4.87. The second kappa shape index (κ2) is 8.34. The topological polar surface area (TPSA) is 94.5 Å². The molecule has 2 unspecified atom stereocenters. The molecule has 0 saturated carbocycles. The molecule has 6 nitrogen and oxygen atoms in total. The Bertz CT molecular complexity index is 791. The van der Waals surface area contributed by atoms with Crippen LogP contribution < -0.4 is 10.8 Å². The smallest absolute Gasteiger partial charge is 0.372 e. The predicted octanol–water partition coefficient (Wildman–Crippen LogP) is 3.57. The molecule has 2 aromatic rings. The van der Waals surface area contributed by atoms with E-state index >= 15 is 0 Å². The number of aryl methyl sites for hydroxylation is 1. The summed E-state index contributed by atoms with van der Waals surface area (Å²) in [4.78, 5) is 15.5. The van der Waals surface area contributed by atoms with E-state index in [9.17, 15) is 23.1 Å². The predicted molar refractivity (Wildman–Crippen MR) is 93.2 cm³/mol. The van der Waals surface area contributed by atoms with E-state index in [-0.39, 0.29) is 10.9 Å². The molecule has 1 heterocycles. The summed E-state index contributed by atoms with van der Waals surface area (Å²) >= 11 is 0.695. The van der Waals surface area contributed by atoms with Gasteiger partial charge in [-0.25, -0.2) is 4.98 Å². The number of aliphatic hydroxyl groups excluding tert-OH is 1. The van der Waals surface area contributed by atoms with Crippen LogP contribution in [0.15, 0.2) is 24.3 Å². The van der Waals surface area contributed by atoms with E-state index in [1.807, 2.05) is 13.8 Å². The van der Waals surface area contributed by atoms with Crippen molar-refractivity contribution in [2.75, 3.05) is 0 Å². The number of amides is 1. The molecule has 10 heteroatoms. The van der Waals surface area contributed by atoms with Crippen molar-refractivity contribution in [1.82, 2.24) is 15.8 Å². The zero-order chi connectivity index (χ0) is 20.4. The van der Waals surface area contributed by atoms with Crippen molar-refractivity contribution in [3.05, 3.63) is 51.0 Å². The molecule has 0 radical (unpaired) electrons. The van der Waals surface area contributed by atoms with E-state index in [4.69, 9.17) is 5.21 Å². The van der Waals surface area contributed by atoms with Crippen LogP contribution >= 0.6 is 11.3 Å². The number of alkyl halides is 3. The number of nitrogens with one attached hydrogen (secondary N) is 2. The van der Waals surface area contributed by atoms with E-state index in [1.54, 1.807) is 29.7 Å². The summed E-state index contributed by atoms with van der Waals surface area (Å²) in [6.07, 6.45) is -5.97. The number of nitrogens with zero attached hydrogens (tertiary/aromatic N) is 1. The molecule has 0 aliphatic heterocycles. The largest absolute Gasteiger partial charge is 0.435 e. The zero-order valence-corrected chi connectivity index (χ0v) is 15.6. The Balaban J connectivity index is 2.28. The molecule has 148 valence electrons. The van der Waals surface area contributed by atoms with Crippen LogP contribution in [0, 0.1) is 12.8 Å². The number of carbonyl (C=O) groups excluding carboxylic acids is 1. The SMILES string of the molecule is Cc1nc(C(F)(F)F)c(C(=O)NC(c2ccc(C(O)NO)cc2)C(C)C)s1. The van der Waals surface area contributed by atoms with Crippen molar-refractivity contribution >= 4 is 17.2 Å². The first-order valence-corrected chi connectivity index (χ1v) is 8.89. The molecule has 0 aliphatic rings. The molecule has 0 saturated heterocycles. The van der Waals surface area contributed by atoms with E-state index in [0.717, 1.165) is 0 Å². The average Bonchev–Trinajstić information content (AvgIpc) is 3.01. The number of hydrogen-bond donors (Lipinski definition) is 4. The van der Waals surface area contributed by atoms with Crippen molar-refractivity contribution in [3.63, 3.8) is 0 Å². The maximum absolute atomic E-state index is 13.1. The maximum atomic E-state index is 13.1. The first-order valence-electron chi connectivity index (χ1n) is 8.07. The Kier molecular flexibility index (Phi) is 6.58. The highest BCUT2D eigenvalue weighted by atomic mass is 32.1. The lowest BCUT2D eigenvalue weighted by Gasteiger charge is -2.23. The summed E-state index contributed by atoms with van der Waals surface area (Å²) in [5.74, 6) is -0.947. The summed E-state index contributed by atoms with van der Waals surface area (Å²) in [6, 6.07) is 5.80. The molecule has 1 amide bonds. The van der Waals surface area contributed by atoms with Crippen molar-refractivity contribution < 1.29 is 28.3 Å². The van der Waals surface area contributed by atoms with Gasteiger partial charge in [0.2, 0.25) is 0 Å². The third kappa shape index (κ3) is 5.04. The fraction of sp³-hybridized carbons (Fsp3) is 0.412. The molecule has 27 heavy (non-hydrogen) atoms. The number of aliphatic hydroxyl groups is 1. The normalized spacial score (nSPS) is 14.3. The highest BCUT2D eigenvalue weighted by Gasteiger charge is 2.39. The standard InChI is InChI=1S/C17H20F3N3O3S/c1-8(2)12(10-4-6-11(7-5-10)15(24)23-26)22-16(25)13-14(17(18,19)20)21-9(3)27-13/h4-8,12,15,23-24,26H,1-3H3,(H,22,25). The van der Waals surface area contributed by atoms with Gasteiger partial charge in [-0.1, -0.05) is 38.1 Å². The molecule has 2 atom stereocenters. The second-order valence-corrected chi connectivity index (χ2v) is 7.51. The lowest BCUT2D eigenvalue weighted by molar-refractivity contribution is -0.141. The molecular weight excluding hydrogens is 383 g/mol. The Labute approximate surface area is 158 Å². The minimum Gasteiger partial charge on any atom is -0.372 e. The molecule has 1 aromatic carbocycles. The van der Waals surface area contributed by atoms with E-state index in [1.165, 1.54) is 6.92 Å². The van der Waals surface area contributed by atoms with Gasteiger partial charge in [0.15, 0.2) is 11.9 Å². The minimum atomic E-state index is -4.71. The van der Waals surface area contributed by atoms with Crippen LogP contribution in [-0.4, -0.2) is 21.2 Å². The van der Waals surface area contributed by atoms with Crippen LogP contribution in [0.5, 0.6) is 0 Å². The molecule has 0 fully saturated rings. The van der Waals surface area contributed by atoms with Crippen molar-refractivity contribution in [2.45, 2.75) is 39.2 Å². The van der Waals surface area contributed by atoms with Crippen molar-refractivity contribution in [2.24, 2.45) is 5.92 Å². The monoisotopic (exact) mass is 403 g/mol. The van der Waals surface area contributed by atoms with Gasteiger partial charge < -0.3 is 15.6 Å². The molecule has 0 aliphatic carbocycles. The van der Waals surface area contributed by atoms with Crippen molar-refractivity contribution in [1.29, 1.82) is 0 Å². The van der Waals surface area contributed by atoms with Crippen molar-refractivity contribution in [3.8, 4) is 0 Å². The number of benzene rings is 1. The number of aromatic nitrogens is 1. The zero-order valence-electron chi connectivity index (χ0n) is 14.8. The number of thiazole rings is 1. The van der Waals surface area contributed by atoms with Crippen LogP contribution in [-0.2, 0) is 6.18 Å². The summed E-state index contributed by atoms with van der Waals surface area (Å²) in [6.45, 7) is 5.06. The van der Waals surface area contributed by atoms with Gasteiger partial charge in [-0.3, -0.25) is 4.79 Å². The maximum Gasteiger partial charge on any atom is 0.435 e. The molecule has 2 rings (SSSR count). The molecule has 1 aromatic heterocycles. The molecular formula is C17H20F3N3O3S. The number of hydrogen-bond acceptors (Lipinski definition) is 6. The highest BCUT2D eigenvalue weighted by molar-refractivity contribution is 7.13. The lowest BCUT2D eigenvalue weighted by atomic mass is 9.95. The van der Waals surface area contributed by atoms with E-state index in [0.29, 0.717) is 22.5 Å². The van der Waals surface area contributed by atoms with Gasteiger partial charge in [-0.15, -0.1) is 11.3 Å². The minimum absolute atomic E-state index is 0.107. The Morgan fingerprint density at radius 1 is 1.19 bits per heavy atom. The molecule has 0 spiro atoms. The third-order valence-electron chi connectivity index (χ3n) is 3.90. The van der Waals surface area contributed by atoms with Crippen LogP contribution in [0.1, 0.15) is 57.6 Å². The Morgan fingerprint density at radius 3 is 2.22 bits per heavy atom. The number of halogens is 3. The summed E-state index contributed by atoms with van der Waals surface area (Å²) in [5.41, 5.74) is 1.57. The molecule has 4 N–H and O–H groups in total. The van der Waals surface area contributed by atoms with Gasteiger partial charge >= 0.3 is 6.18 Å². The van der Waals surface area contributed by atoms with E-state index in [2.05, 4.69) is 10.3 Å². The second-order valence-electron chi connectivity index (χ2n) is 6.30. The summed E-state index contributed by atoms with van der Waals surface area (Å²) < 4.78 is 39.3. The van der Waals surface area contributed by atoms with E-state index < -0.39 is 34.9 Å². The van der Waals surface area contributed by atoms with Gasteiger partial charge in [-0.2, -0.15) is 18.7 Å². The lowest BCUT2D eigenvalue weighted by Crippen LogP contribution is -2.32. The van der Waals surface area contributed by atoms with Crippen LogP contribution in [0.25, 0.3) is 0 Å². The van der Waals surface area contributed by atoms with Gasteiger partial charge in [0.25, 0.3) is 5.91 Å². The Hall–Kier alpha value is -2.01. The first kappa shape index (κ1) is 21.3. The highest BCUT2D eigenvalue weighted by Crippen LogP contribution is 2.35. The van der Waals surface area contributed by atoms with Gasteiger partial charge in [0, 0.05) is 0 Å². The quantitative estimate of drug-likeness (QED) is 0.437. The number of rotatable bonds is 6. The van der Waals surface area contributed by atoms with Gasteiger partial charge in [0.05, 0.1) is 11.0 Å². The summed E-state index contributed by atoms with van der Waals surface area (Å²) in [5, 5.41) is 21.1. The van der Waals surface area contributed by atoms with Crippen LogP contribution in [0.4, 0.5) is 13.2 Å². The summed E-state index contributed by atoms with van der Waals surface area (Å²) in [7, 11) is 0. The van der Waals surface area contributed by atoms with Gasteiger partial charge in [-0.05, 0) is 24.0 Å². The number of hydroxylamine groups is 1. The fourth-order valence-electron chi connectivity index (χ4n) is 2.57. The Morgan fingerprint density at radius 2 is 1.74 bits per heavy atom. The number of carbonyl (C=O) groups is 1. The van der Waals surface area contributed by atoms with Gasteiger partial charge in [0.1, 0.15) is 4.88 Å². The van der Waals surface area contributed by atoms with Crippen LogP contribution in [0.2, 0.25) is 0 Å². The average molecular weight is 403 g/mol. The molecule has 0 bridgehead atoms. The first-order chi connectivity index (χ1) is 12.5. The fourth-order valence-corrected chi connectivity index (χ4v) is 3.42. The van der Waals surface area contributed by atoms with Crippen LogP contribution in [0.3, 0.4) is 0 Å².